The Hall–Kier alpha value is -1.81. The molecule has 0 atom stereocenters. The lowest BCUT2D eigenvalue weighted by Crippen LogP contribution is -2.22. The monoisotopic (exact) mass is 278 g/mol. The number of hydrogen-bond acceptors (Lipinski definition) is 3. The Morgan fingerprint density at radius 3 is 2.65 bits per heavy atom. The van der Waals surface area contributed by atoms with E-state index in [-0.39, 0.29) is 5.60 Å². The quantitative estimate of drug-likeness (QED) is 0.776. The van der Waals surface area contributed by atoms with Gasteiger partial charge >= 0.3 is 5.97 Å². The second-order valence-corrected chi connectivity index (χ2v) is 5.14. The van der Waals surface area contributed by atoms with Gasteiger partial charge < -0.3 is 14.6 Å². The molecule has 1 aromatic carbocycles. The van der Waals surface area contributed by atoms with Crippen molar-refractivity contribution in [1.82, 2.24) is 0 Å². The van der Waals surface area contributed by atoms with Gasteiger partial charge in [0, 0.05) is 6.08 Å². The molecule has 1 aromatic rings. The maximum absolute atomic E-state index is 10.6. The van der Waals surface area contributed by atoms with Crippen LogP contribution in [0.15, 0.2) is 24.3 Å². The highest BCUT2D eigenvalue weighted by Gasteiger charge is 2.16. The van der Waals surface area contributed by atoms with Gasteiger partial charge in [0.1, 0.15) is 5.75 Å². The zero-order valence-corrected chi connectivity index (χ0v) is 12.5. The highest BCUT2D eigenvalue weighted by atomic mass is 16.5. The van der Waals surface area contributed by atoms with Crippen molar-refractivity contribution in [3.63, 3.8) is 0 Å². The van der Waals surface area contributed by atoms with E-state index in [4.69, 9.17) is 14.6 Å². The Morgan fingerprint density at radius 1 is 1.40 bits per heavy atom. The van der Waals surface area contributed by atoms with Gasteiger partial charge in [0.15, 0.2) is 0 Å². The Balaban J connectivity index is 2.97. The van der Waals surface area contributed by atoms with Crippen molar-refractivity contribution in [3.05, 3.63) is 35.4 Å². The third kappa shape index (κ3) is 5.05. The maximum Gasteiger partial charge on any atom is 0.328 e. The van der Waals surface area contributed by atoms with Gasteiger partial charge in [0.2, 0.25) is 0 Å². The van der Waals surface area contributed by atoms with E-state index in [1.54, 1.807) is 19.3 Å². The van der Waals surface area contributed by atoms with Crippen LogP contribution in [-0.4, -0.2) is 23.8 Å². The molecule has 110 valence electrons. The molecule has 0 fully saturated rings. The summed E-state index contributed by atoms with van der Waals surface area (Å²) in [7, 11) is 1.60. The predicted octanol–water partition coefficient (Wildman–Crippen LogP) is 3.50. The van der Waals surface area contributed by atoms with E-state index >= 15 is 0 Å². The molecule has 0 saturated heterocycles. The topological polar surface area (TPSA) is 55.8 Å². The number of carbonyl (C=O) groups is 1. The smallest absolute Gasteiger partial charge is 0.328 e. The van der Waals surface area contributed by atoms with Crippen LogP contribution in [-0.2, 0) is 16.1 Å². The maximum atomic E-state index is 10.6. The molecule has 4 nitrogen and oxygen atoms in total. The first-order valence-electron chi connectivity index (χ1n) is 6.60. The van der Waals surface area contributed by atoms with Gasteiger partial charge in [-0.05, 0) is 49.6 Å². The predicted molar refractivity (Wildman–Crippen MR) is 78.8 cm³/mol. The minimum atomic E-state index is -0.971. The molecule has 0 bridgehead atoms. The zero-order valence-electron chi connectivity index (χ0n) is 12.5. The summed E-state index contributed by atoms with van der Waals surface area (Å²) in [5, 5.41) is 8.72. The van der Waals surface area contributed by atoms with Crippen molar-refractivity contribution in [2.75, 3.05) is 7.11 Å². The van der Waals surface area contributed by atoms with Crippen LogP contribution in [0, 0.1) is 0 Å². The van der Waals surface area contributed by atoms with E-state index in [9.17, 15) is 4.79 Å². The summed E-state index contributed by atoms with van der Waals surface area (Å²) >= 11 is 0. The summed E-state index contributed by atoms with van der Waals surface area (Å²) in [5.74, 6) is -0.244. The minimum absolute atomic E-state index is 0.211. The van der Waals surface area contributed by atoms with Crippen molar-refractivity contribution < 1.29 is 19.4 Å². The van der Waals surface area contributed by atoms with Crippen molar-refractivity contribution in [3.8, 4) is 5.75 Å². The number of aliphatic carboxylic acids is 1. The number of benzene rings is 1. The lowest BCUT2D eigenvalue weighted by atomic mass is 10.0. The molecule has 0 aromatic heterocycles. The molecule has 0 unspecified atom stereocenters. The van der Waals surface area contributed by atoms with Gasteiger partial charge in [-0.3, -0.25) is 0 Å². The molecular weight excluding hydrogens is 256 g/mol. The molecule has 0 heterocycles. The van der Waals surface area contributed by atoms with Crippen LogP contribution in [0.3, 0.4) is 0 Å². The van der Waals surface area contributed by atoms with E-state index < -0.39 is 5.97 Å². The fourth-order valence-corrected chi connectivity index (χ4v) is 1.53. The molecule has 20 heavy (non-hydrogen) atoms. The molecule has 0 amide bonds. The molecule has 0 aliphatic rings. The van der Waals surface area contributed by atoms with Crippen molar-refractivity contribution in [2.45, 2.75) is 39.4 Å². The molecule has 1 N–H and O–H groups in total. The summed E-state index contributed by atoms with van der Waals surface area (Å²) < 4.78 is 11.1. The largest absolute Gasteiger partial charge is 0.497 e. The number of hydrogen-bond donors (Lipinski definition) is 1. The van der Waals surface area contributed by atoms with E-state index in [2.05, 4.69) is 6.92 Å². The second kappa shape index (κ2) is 7.10. The van der Waals surface area contributed by atoms with Gasteiger partial charge in [-0.25, -0.2) is 4.79 Å². The summed E-state index contributed by atoms with van der Waals surface area (Å²) in [6, 6.07) is 5.50. The summed E-state index contributed by atoms with van der Waals surface area (Å²) in [5.41, 5.74) is 1.51. The van der Waals surface area contributed by atoms with E-state index in [0.29, 0.717) is 6.61 Å². The Kier molecular flexibility index (Phi) is 5.77. The molecule has 0 aliphatic carbocycles. The van der Waals surface area contributed by atoms with Crippen LogP contribution in [0.1, 0.15) is 38.3 Å². The van der Waals surface area contributed by atoms with E-state index in [0.717, 1.165) is 29.4 Å². The Bertz CT molecular complexity index is 489. The van der Waals surface area contributed by atoms with Crippen LogP contribution >= 0.6 is 0 Å². The van der Waals surface area contributed by atoms with Crippen molar-refractivity contribution in [2.24, 2.45) is 0 Å². The van der Waals surface area contributed by atoms with Crippen LogP contribution in [0.2, 0.25) is 0 Å². The van der Waals surface area contributed by atoms with Crippen LogP contribution in [0.5, 0.6) is 5.75 Å². The van der Waals surface area contributed by atoms with Crippen molar-refractivity contribution in [1.29, 1.82) is 0 Å². The third-order valence-electron chi connectivity index (χ3n) is 3.23. The van der Waals surface area contributed by atoms with Gasteiger partial charge in [-0.2, -0.15) is 0 Å². The summed E-state index contributed by atoms with van der Waals surface area (Å²) in [6.07, 6.45) is 3.59. The first kappa shape index (κ1) is 16.2. The SMILES string of the molecule is CCC(C)(C)OCc1cc(OC)ccc1C=CC(=O)O. The molecule has 0 spiro atoms. The molecule has 0 saturated carbocycles. The van der Waals surface area contributed by atoms with Gasteiger partial charge in [-0.15, -0.1) is 0 Å². The Labute approximate surface area is 120 Å². The standard InChI is InChI=1S/C16H22O4/c1-5-16(2,3)20-11-13-10-14(19-4)8-6-12(13)7-9-15(17)18/h6-10H,5,11H2,1-4H3,(H,17,18). The minimum Gasteiger partial charge on any atom is -0.497 e. The molecule has 1 rings (SSSR count). The first-order valence-corrected chi connectivity index (χ1v) is 6.60. The number of ether oxygens (including phenoxy) is 2. The number of carboxylic acids is 1. The molecule has 0 aliphatic heterocycles. The fourth-order valence-electron chi connectivity index (χ4n) is 1.53. The zero-order chi connectivity index (χ0) is 15.2. The lowest BCUT2D eigenvalue weighted by molar-refractivity contribution is -0.131. The van der Waals surface area contributed by atoms with Crippen LogP contribution in [0.25, 0.3) is 6.08 Å². The fraction of sp³-hybridized carbons (Fsp3) is 0.438. The van der Waals surface area contributed by atoms with E-state index in [1.807, 2.05) is 26.0 Å². The summed E-state index contributed by atoms with van der Waals surface area (Å²) in [4.78, 5) is 10.6. The van der Waals surface area contributed by atoms with E-state index in [1.165, 1.54) is 0 Å². The van der Waals surface area contributed by atoms with Crippen molar-refractivity contribution >= 4 is 12.0 Å². The van der Waals surface area contributed by atoms with Gasteiger partial charge in [-0.1, -0.05) is 13.0 Å². The highest BCUT2D eigenvalue weighted by Crippen LogP contribution is 2.23. The lowest BCUT2D eigenvalue weighted by Gasteiger charge is -2.24. The number of methoxy groups -OCH3 is 1. The number of rotatable bonds is 7. The average molecular weight is 278 g/mol. The van der Waals surface area contributed by atoms with Crippen LogP contribution in [0.4, 0.5) is 0 Å². The van der Waals surface area contributed by atoms with Crippen LogP contribution < -0.4 is 4.74 Å². The Morgan fingerprint density at radius 2 is 2.10 bits per heavy atom. The molecule has 4 heteroatoms. The normalized spacial score (nSPS) is 11.8. The summed E-state index contributed by atoms with van der Waals surface area (Å²) in [6.45, 7) is 6.54. The average Bonchev–Trinajstić information content (AvgIpc) is 2.43. The third-order valence-corrected chi connectivity index (χ3v) is 3.23. The molecular formula is C16H22O4. The first-order chi connectivity index (χ1) is 9.38. The van der Waals surface area contributed by atoms with Gasteiger partial charge in [0.25, 0.3) is 0 Å². The number of carboxylic acid groups (broad SMARTS) is 1. The highest BCUT2D eigenvalue weighted by molar-refractivity contribution is 5.85. The van der Waals surface area contributed by atoms with Gasteiger partial charge in [0.05, 0.1) is 19.3 Å². The molecule has 0 radical (unpaired) electrons. The second-order valence-electron chi connectivity index (χ2n) is 5.14.